The van der Waals surface area contributed by atoms with Crippen molar-refractivity contribution in [3.05, 3.63) is 63.9 Å². The van der Waals surface area contributed by atoms with Gasteiger partial charge in [-0.15, -0.1) is 0 Å². The van der Waals surface area contributed by atoms with E-state index in [0.717, 1.165) is 5.56 Å². The number of halogens is 2. The Kier molecular flexibility index (Phi) is 4.25. The van der Waals surface area contributed by atoms with E-state index in [0.29, 0.717) is 10.6 Å². The molecule has 0 bridgehead atoms. The minimum Gasteiger partial charge on any atom is -0.457 e. The monoisotopic (exact) mass is 293 g/mol. The summed E-state index contributed by atoms with van der Waals surface area (Å²) in [7, 11) is 0. The molecule has 0 heterocycles. The Morgan fingerprint density at radius 1 is 1.30 bits per heavy atom. The lowest BCUT2D eigenvalue weighted by Crippen LogP contribution is -2.09. The van der Waals surface area contributed by atoms with Gasteiger partial charge in [0.05, 0.1) is 5.56 Å². The molecule has 2 aromatic rings. The van der Waals surface area contributed by atoms with E-state index in [1.54, 1.807) is 12.1 Å². The van der Waals surface area contributed by atoms with Crippen LogP contribution in [0.4, 0.5) is 10.1 Å². The maximum Gasteiger partial charge on any atom is 0.340 e. The number of hydrogen-bond acceptors (Lipinski definition) is 3. The first-order chi connectivity index (χ1) is 9.47. The van der Waals surface area contributed by atoms with Crippen LogP contribution < -0.4 is 5.73 Å². The number of nitrogens with two attached hydrogens (primary N) is 1. The normalized spacial score (nSPS) is 10.3. The second kappa shape index (κ2) is 5.92. The van der Waals surface area contributed by atoms with E-state index in [1.807, 2.05) is 6.92 Å². The van der Waals surface area contributed by atoms with E-state index in [9.17, 15) is 9.18 Å². The summed E-state index contributed by atoms with van der Waals surface area (Å²) in [6, 6.07) is 8.87. The van der Waals surface area contributed by atoms with Gasteiger partial charge in [0.15, 0.2) is 0 Å². The zero-order valence-electron chi connectivity index (χ0n) is 10.8. The first-order valence-electron chi connectivity index (χ1n) is 5.94. The van der Waals surface area contributed by atoms with Crippen molar-refractivity contribution >= 4 is 23.3 Å². The van der Waals surface area contributed by atoms with Crippen LogP contribution in [-0.4, -0.2) is 5.97 Å². The number of hydrogen-bond donors (Lipinski definition) is 1. The fraction of sp³-hybridized carbons (Fsp3) is 0.133. The highest BCUT2D eigenvalue weighted by molar-refractivity contribution is 6.31. The molecule has 3 nitrogen and oxygen atoms in total. The summed E-state index contributed by atoms with van der Waals surface area (Å²) in [5.74, 6) is -0.935. The van der Waals surface area contributed by atoms with Crippen LogP contribution in [0.2, 0.25) is 5.02 Å². The summed E-state index contributed by atoms with van der Waals surface area (Å²) in [5.41, 5.74) is 7.65. The van der Waals surface area contributed by atoms with E-state index in [2.05, 4.69) is 0 Å². The number of benzene rings is 2. The Labute approximate surface area is 121 Å². The summed E-state index contributed by atoms with van der Waals surface area (Å²) in [5, 5.41) is 0.444. The van der Waals surface area contributed by atoms with Crippen LogP contribution in [0.1, 0.15) is 21.5 Å². The topological polar surface area (TPSA) is 52.3 Å². The van der Waals surface area contributed by atoms with E-state index in [4.69, 9.17) is 22.1 Å². The smallest absolute Gasteiger partial charge is 0.340 e. The molecule has 104 valence electrons. The fourth-order valence-corrected chi connectivity index (χ4v) is 1.92. The summed E-state index contributed by atoms with van der Waals surface area (Å²) in [6.45, 7) is 1.81. The number of esters is 1. The minimum atomic E-state index is -0.567. The lowest BCUT2D eigenvalue weighted by molar-refractivity contribution is 0.0473. The van der Waals surface area contributed by atoms with Crippen molar-refractivity contribution in [1.29, 1.82) is 0 Å². The van der Waals surface area contributed by atoms with Crippen LogP contribution in [0.25, 0.3) is 0 Å². The van der Waals surface area contributed by atoms with Gasteiger partial charge >= 0.3 is 5.97 Å². The summed E-state index contributed by atoms with van der Waals surface area (Å²) >= 11 is 5.76. The van der Waals surface area contributed by atoms with Crippen molar-refractivity contribution in [3.63, 3.8) is 0 Å². The zero-order chi connectivity index (χ0) is 14.7. The minimum absolute atomic E-state index is 0.00943. The maximum absolute atomic E-state index is 13.1. The van der Waals surface area contributed by atoms with Crippen molar-refractivity contribution < 1.29 is 13.9 Å². The van der Waals surface area contributed by atoms with Gasteiger partial charge < -0.3 is 10.5 Å². The molecule has 0 aliphatic heterocycles. The summed E-state index contributed by atoms with van der Waals surface area (Å²) in [6.07, 6.45) is 0. The van der Waals surface area contributed by atoms with Gasteiger partial charge in [-0.1, -0.05) is 17.7 Å². The average Bonchev–Trinajstić information content (AvgIpc) is 2.39. The van der Waals surface area contributed by atoms with Crippen molar-refractivity contribution in [2.75, 3.05) is 5.73 Å². The van der Waals surface area contributed by atoms with Gasteiger partial charge in [0, 0.05) is 10.7 Å². The number of aryl methyl sites for hydroxylation is 1. The molecule has 20 heavy (non-hydrogen) atoms. The molecule has 0 saturated carbocycles. The molecule has 0 amide bonds. The predicted octanol–water partition coefficient (Wildman–Crippen LogP) is 3.73. The number of anilines is 1. The SMILES string of the molecule is Cc1ccc(F)cc1COC(=O)c1ccc(Cl)cc1N. The van der Waals surface area contributed by atoms with Gasteiger partial charge in [-0.25, -0.2) is 9.18 Å². The molecule has 0 saturated heterocycles. The number of nitrogen functional groups attached to an aromatic ring is 1. The van der Waals surface area contributed by atoms with Crippen molar-refractivity contribution in [2.24, 2.45) is 0 Å². The van der Waals surface area contributed by atoms with Gasteiger partial charge in [0.2, 0.25) is 0 Å². The van der Waals surface area contributed by atoms with Crippen LogP contribution in [-0.2, 0) is 11.3 Å². The molecule has 2 N–H and O–H groups in total. The molecule has 0 aromatic heterocycles. The fourth-order valence-electron chi connectivity index (χ4n) is 1.74. The Bertz CT molecular complexity index is 658. The van der Waals surface area contributed by atoms with Crippen LogP contribution in [0.5, 0.6) is 0 Å². The van der Waals surface area contributed by atoms with Crippen molar-refractivity contribution in [3.8, 4) is 0 Å². The zero-order valence-corrected chi connectivity index (χ0v) is 11.6. The molecule has 0 unspecified atom stereocenters. The van der Waals surface area contributed by atoms with E-state index in [-0.39, 0.29) is 23.7 Å². The third-order valence-corrected chi connectivity index (χ3v) is 3.14. The number of ether oxygens (including phenoxy) is 1. The van der Waals surface area contributed by atoms with E-state index in [1.165, 1.54) is 24.3 Å². The molecule has 0 aliphatic carbocycles. The highest BCUT2D eigenvalue weighted by atomic mass is 35.5. The molecule has 2 aromatic carbocycles. The van der Waals surface area contributed by atoms with Crippen LogP contribution in [0.15, 0.2) is 36.4 Å². The predicted molar refractivity (Wildman–Crippen MR) is 76.1 cm³/mol. The molecule has 0 atom stereocenters. The largest absolute Gasteiger partial charge is 0.457 e. The molecule has 0 radical (unpaired) electrons. The average molecular weight is 294 g/mol. The van der Waals surface area contributed by atoms with Crippen LogP contribution in [0, 0.1) is 12.7 Å². The van der Waals surface area contributed by atoms with Crippen molar-refractivity contribution in [2.45, 2.75) is 13.5 Å². The second-order valence-corrected chi connectivity index (χ2v) is 4.81. The van der Waals surface area contributed by atoms with Gasteiger partial charge in [0.1, 0.15) is 12.4 Å². The lowest BCUT2D eigenvalue weighted by Gasteiger charge is -2.09. The highest BCUT2D eigenvalue weighted by Gasteiger charge is 2.12. The highest BCUT2D eigenvalue weighted by Crippen LogP contribution is 2.20. The molecular weight excluding hydrogens is 281 g/mol. The molecule has 0 spiro atoms. The second-order valence-electron chi connectivity index (χ2n) is 4.38. The van der Waals surface area contributed by atoms with Crippen LogP contribution >= 0.6 is 11.6 Å². The Morgan fingerprint density at radius 2 is 2.05 bits per heavy atom. The van der Waals surface area contributed by atoms with Gasteiger partial charge in [-0.05, 0) is 48.4 Å². The molecule has 2 rings (SSSR count). The molecular formula is C15H13ClFNO2. The number of rotatable bonds is 3. The number of carbonyl (C=O) groups is 1. The third-order valence-electron chi connectivity index (χ3n) is 2.90. The maximum atomic E-state index is 13.1. The molecule has 0 aliphatic rings. The Hall–Kier alpha value is -2.07. The Balaban J connectivity index is 2.10. The standard InChI is InChI=1S/C15H13ClFNO2/c1-9-2-4-12(17)6-10(9)8-20-15(19)13-5-3-11(16)7-14(13)18/h2-7H,8,18H2,1H3. The van der Waals surface area contributed by atoms with E-state index < -0.39 is 5.97 Å². The van der Waals surface area contributed by atoms with Gasteiger partial charge in [-0.2, -0.15) is 0 Å². The van der Waals surface area contributed by atoms with Gasteiger partial charge in [0.25, 0.3) is 0 Å². The van der Waals surface area contributed by atoms with Crippen LogP contribution in [0.3, 0.4) is 0 Å². The van der Waals surface area contributed by atoms with E-state index >= 15 is 0 Å². The molecule has 0 fully saturated rings. The van der Waals surface area contributed by atoms with Gasteiger partial charge in [-0.3, -0.25) is 0 Å². The summed E-state index contributed by atoms with van der Waals surface area (Å²) < 4.78 is 18.3. The Morgan fingerprint density at radius 3 is 2.75 bits per heavy atom. The van der Waals surface area contributed by atoms with Crippen molar-refractivity contribution in [1.82, 2.24) is 0 Å². The number of carbonyl (C=O) groups excluding carboxylic acids is 1. The third kappa shape index (κ3) is 3.27. The summed E-state index contributed by atoms with van der Waals surface area (Å²) in [4.78, 5) is 11.9. The lowest BCUT2D eigenvalue weighted by atomic mass is 10.1. The quantitative estimate of drug-likeness (QED) is 0.693. The first kappa shape index (κ1) is 14.3. The first-order valence-corrected chi connectivity index (χ1v) is 6.32. The molecule has 5 heteroatoms.